The van der Waals surface area contributed by atoms with Gasteiger partial charge in [0.05, 0.1) is 0 Å². The normalized spacial score (nSPS) is 28.6. The van der Waals surface area contributed by atoms with Gasteiger partial charge in [-0.25, -0.2) is 0 Å². The Kier molecular flexibility index (Phi) is 5.32. The lowest BCUT2D eigenvalue weighted by atomic mass is 9.85. The van der Waals surface area contributed by atoms with Crippen LogP contribution in [0.5, 0.6) is 0 Å². The molecule has 0 saturated carbocycles. The summed E-state index contributed by atoms with van der Waals surface area (Å²) in [6, 6.07) is 11.1. The number of piperidine rings is 1. The largest absolute Gasteiger partial charge is 0.316 e. The fourth-order valence-corrected chi connectivity index (χ4v) is 4.02. The molecule has 2 aliphatic rings. The number of hydrogen-bond acceptors (Lipinski definition) is 2. The number of benzene rings is 1. The molecule has 0 radical (unpaired) electrons. The Morgan fingerprint density at radius 2 is 2.10 bits per heavy atom. The summed E-state index contributed by atoms with van der Waals surface area (Å²) in [5.74, 6) is 2.54. The second-order valence-electron chi connectivity index (χ2n) is 7.07. The standard InChI is InChI=1S/C19H30N2/c1-16(18-8-5-11-20-14-18)9-12-21-13-10-19(15-21)17-6-3-2-4-7-17/h2-4,6-7,16,18-20H,5,8-15H2,1H3. The van der Waals surface area contributed by atoms with E-state index < -0.39 is 0 Å². The van der Waals surface area contributed by atoms with Gasteiger partial charge in [0.25, 0.3) is 0 Å². The van der Waals surface area contributed by atoms with E-state index in [9.17, 15) is 0 Å². The van der Waals surface area contributed by atoms with Gasteiger partial charge in [-0.3, -0.25) is 0 Å². The second-order valence-corrected chi connectivity index (χ2v) is 7.07. The summed E-state index contributed by atoms with van der Waals surface area (Å²) >= 11 is 0. The molecule has 1 N–H and O–H groups in total. The molecular weight excluding hydrogens is 256 g/mol. The molecule has 0 amide bonds. The molecule has 3 unspecified atom stereocenters. The minimum absolute atomic E-state index is 0.762. The molecule has 2 aliphatic heterocycles. The third-order valence-corrected chi connectivity index (χ3v) is 5.58. The molecule has 116 valence electrons. The average Bonchev–Trinajstić information content (AvgIpc) is 3.03. The van der Waals surface area contributed by atoms with Gasteiger partial charge in [0.2, 0.25) is 0 Å². The number of nitrogens with one attached hydrogen (secondary N) is 1. The van der Waals surface area contributed by atoms with E-state index in [1.807, 2.05) is 0 Å². The summed E-state index contributed by atoms with van der Waals surface area (Å²) in [6.45, 7) is 8.78. The van der Waals surface area contributed by atoms with Crippen LogP contribution in [0.3, 0.4) is 0 Å². The van der Waals surface area contributed by atoms with Crippen molar-refractivity contribution >= 4 is 0 Å². The van der Waals surface area contributed by atoms with Gasteiger partial charge in [0.15, 0.2) is 0 Å². The molecule has 21 heavy (non-hydrogen) atoms. The van der Waals surface area contributed by atoms with E-state index in [0.717, 1.165) is 17.8 Å². The third-order valence-electron chi connectivity index (χ3n) is 5.58. The monoisotopic (exact) mass is 286 g/mol. The molecule has 2 fully saturated rings. The highest BCUT2D eigenvalue weighted by Crippen LogP contribution is 2.28. The van der Waals surface area contributed by atoms with Crippen molar-refractivity contribution in [2.75, 3.05) is 32.7 Å². The zero-order valence-corrected chi connectivity index (χ0v) is 13.4. The van der Waals surface area contributed by atoms with Crippen LogP contribution in [0.2, 0.25) is 0 Å². The Bertz CT molecular complexity index is 411. The minimum atomic E-state index is 0.762. The minimum Gasteiger partial charge on any atom is -0.316 e. The molecule has 2 saturated heterocycles. The first-order valence-electron chi connectivity index (χ1n) is 8.81. The van der Waals surface area contributed by atoms with Gasteiger partial charge in [0, 0.05) is 6.54 Å². The van der Waals surface area contributed by atoms with Crippen molar-refractivity contribution in [3.8, 4) is 0 Å². The first-order chi connectivity index (χ1) is 10.3. The Morgan fingerprint density at radius 3 is 2.86 bits per heavy atom. The van der Waals surface area contributed by atoms with E-state index in [4.69, 9.17) is 0 Å². The average molecular weight is 286 g/mol. The zero-order valence-electron chi connectivity index (χ0n) is 13.4. The van der Waals surface area contributed by atoms with Crippen molar-refractivity contribution in [1.29, 1.82) is 0 Å². The van der Waals surface area contributed by atoms with Crippen molar-refractivity contribution in [1.82, 2.24) is 10.2 Å². The summed E-state index contributed by atoms with van der Waals surface area (Å²) < 4.78 is 0. The zero-order chi connectivity index (χ0) is 14.5. The molecular formula is C19H30N2. The second kappa shape index (κ2) is 7.42. The maximum absolute atomic E-state index is 3.56. The number of hydrogen-bond donors (Lipinski definition) is 1. The van der Waals surface area contributed by atoms with Crippen molar-refractivity contribution in [2.24, 2.45) is 11.8 Å². The van der Waals surface area contributed by atoms with E-state index in [-0.39, 0.29) is 0 Å². The van der Waals surface area contributed by atoms with Crippen LogP contribution in [0.15, 0.2) is 30.3 Å². The summed E-state index contributed by atoms with van der Waals surface area (Å²) in [6.07, 6.45) is 5.51. The molecule has 0 aromatic heterocycles. The Labute approximate surface area is 129 Å². The number of likely N-dealkylation sites (tertiary alicyclic amines) is 1. The van der Waals surface area contributed by atoms with Crippen molar-refractivity contribution in [3.63, 3.8) is 0 Å². The molecule has 2 heteroatoms. The van der Waals surface area contributed by atoms with Gasteiger partial charge in [-0.15, -0.1) is 0 Å². The first-order valence-corrected chi connectivity index (χ1v) is 8.81. The summed E-state index contributed by atoms with van der Waals surface area (Å²) in [7, 11) is 0. The van der Waals surface area contributed by atoms with Gasteiger partial charge in [-0.1, -0.05) is 37.3 Å². The molecule has 2 nitrogen and oxygen atoms in total. The molecule has 0 aliphatic carbocycles. The first kappa shape index (κ1) is 15.1. The highest BCUT2D eigenvalue weighted by Gasteiger charge is 2.25. The maximum atomic E-state index is 3.56. The lowest BCUT2D eigenvalue weighted by Gasteiger charge is -2.29. The predicted molar refractivity (Wildman–Crippen MR) is 89.6 cm³/mol. The molecule has 1 aromatic rings. The molecule has 0 bridgehead atoms. The van der Waals surface area contributed by atoms with Crippen molar-refractivity contribution < 1.29 is 0 Å². The smallest absolute Gasteiger partial charge is 0.00507 e. The van der Waals surface area contributed by atoms with E-state index in [0.29, 0.717) is 0 Å². The van der Waals surface area contributed by atoms with Crippen LogP contribution in [0, 0.1) is 11.8 Å². The van der Waals surface area contributed by atoms with Crippen LogP contribution in [-0.2, 0) is 0 Å². The SMILES string of the molecule is CC(CCN1CCC(c2ccccc2)C1)C1CCCNC1. The summed E-state index contributed by atoms with van der Waals surface area (Å²) in [5.41, 5.74) is 1.53. The number of rotatable bonds is 5. The maximum Gasteiger partial charge on any atom is 0.00507 e. The van der Waals surface area contributed by atoms with Gasteiger partial charge in [0.1, 0.15) is 0 Å². The quantitative estimate of drug-likeness (QED) is 0.891. The third kappa shape index (κ3) is 4.08. The van der Waals surface area contributed by atoms with Gasteiger partial charge in [-0.05, 0) is 75.2 Å². The lowest BCUT2D eigenvalue weighted by Crippen LogP contribution is -2.34. The summed E-state index contributed by atoms with van der Waals surface area (Å²) in [4.78, 5) is 2.68. The van der Waals surface area contributed by atoms with Crippen LogP contribution in [0.4, 0.5) is 0 Å². The van der Waals surface area contributed by atoms with Gasteiger partial charge in [-0.2, -0.15) is 0 Å². The Hall–Kier alpha value is -0.860. The molecule has 3 rings (SSSR count). The van der Waals surface area contributed by atoms with Crippen LogP contribution in [0.1, 0.15) is 44.1 Å². The molecule has 3 atom stereocenters. The molecule has 1 aromatic carbocycles. The fraction of sp³-hybridized carbons (Fsp3) is 0.684. The highest BCUT2D eigenvalue weighted by atomic mass is 15.1. The van der Waals surface area contributed by atoms with E-state index in [1.54, 1.807) is 0 Å². The van der Waals surface area contributed by atoms with E-state index in [1.165, 1.54) is 64.0 Å². The molecule has 2 heterocycles. The van der Waals surface area contributed by atoms with Crippen molar-refractivity contribution in [2.45, 2.75) is 38.5 Å². The van der Waals surface area contributed by atoms with Crippen molar-refractivity contribution in [3.05, 3.63) is 35.9 Å². The Morgan fingerprint density at radius 1 is 1.24 bits per heavy atom. The predicted octanol–water partition coefficient (Wildman–Crippen LogP) is 3.50. The number of nitrogens with zero attached hydrogens (tertiary/aromatic N) is 1. The van der Waals surface area contributed by atoms with Crippen LogP contribution in [-0.4, -0.2) is 37.6 Å². The van der Waals surface area contributed by atoms with E-state index >= 15 is 0 Å². The van der Waals surface area contributed by atoms with Crippen LogP contribution >= 0.6 is 0 Å². The van der Waals surface area contributed by atoms with Crippen LogP contribution < -0.4 is 5.32 Å². The fourth-order valence-electron chi connectivity index (χ4n) is 4.02. The Balaban J connectivity index is 1.42. The molecule has 0 spiro atoms. The topological polar surface area (TPSA) is 15.3 Å². The lowest BCUT2D eigenvalue weighted by molar-refractivity contribution is 0.231. The van der Waals surface area contributed by atoms with E-state index in [2.05, 4.69) is 47.5 Å². The highest BCUT2D eigenvalue weighted by molar-refractivity contribution is 5.20. The van der Waals surface area contributed by atoms with Crippen LogP contribution in [0.25, 0.3) is 0 Å². The van der Waals surface area contributed by atoms with Gasteiger partial charge < -0.3 is 10.2 Å². The van der Waals surface area contributed by atoms with Gasteiger partial charge >= 0.3 is 0 Å². The summed E-state index contributed by atoms with van der Waals surface area (Å²) in [5, 5.41) is 3.56.